The summed E-state index contributed by atoms with van der Waals surface area (Å²) in [7, 11) is 0. The molecule has 0 bridgehead atoms. The predicted molar refractivity (Wildman–Crippen MR) is 53.3 cm³/mol. The molecule has 1 heterocycles. The molecule has 0 aromatic rings. The Hall–Kier alpha value is -1.10. The third-order valence-electron chi connectivity index (χ3n) is 1.95. The van der Waals surface area contributed by atoms with E-state index in [-0.39, 0.29) is 12.8 Å². The van der Waals surface area contributed by atoms with E-state index in [0.717, 1.165) is 0 Å². The highest BCUT2D eigenvalue weighted by atomic mass is 16.5. The number of cyclic esters (lactones) is 1. The van der Waals surface area contributed by atoms with Crippen molar-refractivity contribution in [3.05, 3.63) is 0 Å². The summed E-state index contributed by atoms with van der Waals surface area (Å²) in [5.41, 5.74) is -1.43. The quantitative estimate of drug-likeness (QED) is 0.674. The first-order valence-corrected chi connectivity index (χ1v) is 5.05. The Balaban J connectivity index is 0.000000921. The van der Waals surface area contributed by atoms with E-state index in [4.69, 9.17) is 9.84 Å². The van der Waals surface area contributed by atoms with Gasteiger partial charge in [-0.25, -0.2) is 0 Å². The van der Waals surface area contributed by atoms with Crippen LogP contribution >= 0.6 is 0 Å². The Morgan fingerprint density at radius 2 is 2.13 bits per heavy atom. The van der Waals surface area contributed by atoms with E-state index in [0.29, 0.717) is 0 Å². The zero-order valence-corrected chi connectivity index (χ0v) is 9.32. The van der Waals surface area contributed by atoms with E-state index >= 15 is 0 Å². The molecule has 2 atom stereocenters. The minimum absolute atomic E-state index is 0.186. The fourth-order valence-corrected chi connectivity index (χ4v) is 1.60. The molecule has 88 valence electrons. The minimum atomic E-state index is -1.43. The highest BCUT2D eigenvalue weighted by Crippen LogP contribution is 2.28. The maximum absolute atomic E-state index is 10.9. The van der Waals surface area contributed by atoms with Gasteiger partial charge in [-0.05, 0) is 6.92 Å². The molecule has 0 saturated carbocycles. The van der Waals surface area contributed by atoms with E-state index in [1.165, 1.54) is 0 Å². The number of aliphatic hydroxyl groups is 1. The van der Waals surface area contributed by atoms with Crippen molar-refractivity contribution in [3.63, 3.8) is 0 Å². The first-order valence-electron chi connectivity index (χ1n) is 5.05. The molecule has 0 spiro atoms. The Morgan fingerprint density at radius 1 is 1.60 bits per heavy atom. The number of esters is 1. The molecule has 15 heavy (non-hydrogen) atoms. The van der Waals surface area contributed by atoms with Gasteiger partial charge in [0, 0.05) is 6.42 Å². The molecular weight excluding hydrogens is 200 g/mol. The fourth-order valence-electron chi connectivity index (χ4n) is 1.60. The van der Waals surface area contributed by atoms with Crippen LogP contribution in [0.25, 0.3) is 0 Å². The molecular formula is C10H18O5. The molecule has 0 amide bonds. The van der Waals surface area contributed by atoms with Gasteiger partial charge in [-0.3, -0.25) is 9.59 Å². The molecule has 1 fully saturated rings. The molecule has 0 aromatic carbocycles. The number of hydrogen-bond acceptors (Lipinski definition) is 4. The van der Waals surface area contributed by atoms with Crippen LogP contribution in [0.1, 0.15) is 40.0 Å². The Labute approximate surface area is 89.0 Å². The van der Waals surface area contributed by atoms with Gasteiger partial charge in [-0.2, -0.15) is 0 Å². The first-order chi connectivity index (χ1) is 6.91. The van der Waals surface area contributed by atoms with Crippen LogP contribution in [0.3, 0.4) is 0 Å². The van der Waals surface area contributed by atoms with Gasteiger partial charge in [0.15, 0.2) is 0 Å². The van der Waals surface area contributed by atoms with E-state index in [1.54, 1.807) is 6.92 Å². The molecule has 1 aliphatic rings. The molecule has 2 unspecified atom stereocenters. The van der Waals surface area contributed by atoms with Crippen LogP contribution in [0.4, 0.5) is 0 Å². The molecule has 0 aromatic heterocycles. The van der Waals surface area contributed by atoms with Gasteiger partial charge in [-0.1, -0.05) is 13.8 Å². The Kier molecular flexibility index (Phi) is 5.28. The molecule has 5 heteroatoms. The monoisotopic (exact) mass is 218 g/mol. The Bertz CT molecular complexity index is 234. The number of rotatable bonds is 2. The molecule has 1 saturated heterocycles. The molecule has 5 nitrogen and oxygen atoms in total. The lowest BCUT2D eigenvalue weighted by atomic mass is 9.87. The summed E-state index contributed by atoms with van der Waals surface area (Å²) in [5, 5.41) is 18.2. The number of ether oxygens (including phenoxy) is 1. The van der Waals surface area contributed by atoms with Crippen LogP contribution in [-0.2, 0) is 14.3 Å². The summed E-state index contributed by atoms with van der Waals surface area (Å²) in [6, 6.07) is 0. The van der Waals surface area contributed by atoms with Gasteiger partial charge in [-0.15, -0.1) is 0 Å². The summed E-state index contributed by atoms with van der Waals surface area (Å²) in [5.74, 6) is -1.65. The predicted octanol–water partition coefficient (Wildman–Crippen LogP) is 0.944. The lowest BCUT2D eigenvalue weighted by Crippen LogP contribution is -2.43. The molecule has 0 radical (unpaired) electrons. The SMILES string of the molecule is CC.CC1CC(O)(CC(=O)O)CC(=O)O1. The fraction of sp³-hybridized carbons (Fsp3) is 0.800. The van der Waals surface area contributed by atoms with Crippen molar-refractivity contribution in [2.75, 3.05) is 0 Å². The van der Waals surface area contributed by atoms with E-state index in [1.807, 2.05) is 13.8 Å². The molecule has 0 aliphatic carbocycles. The van der Waals surface area contributed by atoms with Crippen molar-refractivity contribution in [2.45, 2.75) is 51.7 Å². The van der Waals surface area contributed by atoms with Crippen molar-refractivity contribution in [1.82, 2.24) is 0 Å². The minimum Gasteiger partial charge on any atom is -0.481 e. The summed E-state index contributed by atoms with van der Waals surface area (Å²) < 4.78 is 4.77. The van der Waals surface area contributed by atoms with Crippen molar-refractivity contribution in [3.8, 4) is 0 Å². The number of carbonyl (C=O) groups is 2. The van der Waals surface area contributed by atoms with Gasteiger partial charge < -0.3 is 14.9 Å². The highest BCUT2D eigenvalue weighted by Gasteiger charge is 2.39. The average molecular weight is 218 g/mol. The largest absolute Gasteiger partial charge is 0.481 e. The molecule has 1 rings (SSSR count). The van der Waals surface area contributed by atoms with E-state index in [2.05, 4.69) is 0 Å². The van der Waals surface area contributed by atoms with Crippen LogP contribution in [0.2, 0.25) is 0 Å². The Morgan fingerprint density at radius 3 is 2.53 bits per heavy atom. The van der Waals surface area contributed by atoms with Crippen LogP contribution in [-0.4, -0.2) is 33.9 Å². The second-order valence-corrected chi connectivity index (χ2v) is 3.48. The van der Waals surface area contributed by atoms with Gasteiger partial charge in [0.2, 0.25) is 0 Å². The van der Waals surface area contributed by atoms with Crippen molar-refractivity contribution < 1.29 is 24.5 Å². The van der Waals surface area contributed by atoms with Crippen LogP contribution < -0.4 is 0 Å². The number of carboxylic acid groups (broad SMARTS) is 1. The van der Waals surface area contributed by atoms with Crippen LogP contribution in [0.5, 0.6) is 0 Å². The zero-order chi connectivity index (χ0) is 12.1. The average Bonchev–Trinajstić information content (AvgIpc) is 2.01. The van der Waals surface area contributed by atoms with Crippen molar-refractivity contribution in [2.24, 2.45) is 0 Å². The number of hydrogen-bond donors (Lipinski definition) is 2. The summed E-state index contributed by atoms with van der Waals surface area (Å²) in [6.07, 6.45) is -0.869. The van der Waals surface area contributed by atoms with Gasteiger partial charge in [0.1, 0.15) is 6.10 Å². The second-order valence-electron chi connectivity index (χ2n) is 3.48. The molecule has 2 N–H and O–H groups in total. The third-order valence-corrected chi connectivity index (χ3v) is 1.95. The summed E-state index contributed by atoms with van der Waals surface area (Å²) in [4.78, 5) is 21.3. The lowest BCUT2D eigenvalue weighted by Gasteiger charge is -2.33. The third kappa shape index (κ3) is 4.78. The topological polar surface area (TPSA) is 83.8 Å². The second kappa shape index (κ2) is 5.70. The van der Waals surface area contributed by atoms with Crippen molar-refractivity contribution in [1.29, 1.82) is 0 Å². The summed E-state index contributed by atoms with van der Waals surface area (Å²) in [6.45, 7) is 5.63. The zero-order valence-electron chi connectivity index (χ0n) is 9.32. The van der Waals surface area contributed by atoms with E-state index in [9.17, 15) is 14.7 Å². The first kappa shape index (κ1) is 13.9. The van der Waals surface area contributed by atoms with E-state index < -0.39 is 30.1 Å². The maximum atomic E-state index is 10.9. The standard InChI is InChI=1S/C8H12O5.C2H6/c1-5-2-8(12,3-6(9)10)4-7(11)13-5;1-2/h5,12H,2-4H2,1H3,(H,9,10);1-2H3. The lowest BCUT2D eigenvalue weighted by molar-refractivity contribution is -0.171. The normalized spacial score (nSPS) is 29.9. The molecule has 1 aliphatic heterocycles. The summed E-state index contributed by atoms with van der Waals surface area (Å²) >= 11 is 0. The van der Waals surface area contributed by atoms with Crippen molar-refractivity contribution >= 4 is 11.9 Å². The highest BCUT2D eigenvalue weighted by molar-refractivity contribution is 5.75. The van der Waals surface area contributed by atoms with Gasteiger partial charge in [0.25, 0.3) is 0 Å². The maximum Gasteiger partial charge on any atom is 0.308 e. The number of aliphatic carboxylic acids is 1. The van der Waals surface area contributed by atoms with Crippen LogP contribution in [0.15, 0.2) is 0 Å². The smallest absolute Gasteiger partial charge is 0.308 e. The number of carboxylic acids is 1. The van der Waals surface area contributed by atoms with Gasteiger partial charge >= 0.3 is 11.9 Å². The van der Waals surface area contributed by atoms with Crippen LogP contribution in [0, 0.1) is 0 Å². The number of carbonyl (C=O) groups excluding carboxylic acids is 1. The van der Waals surface area contributed by atoms with Gasteiger partial charge in [0.05, 0.1) is 18.4 Å².